The number of nitrogens with one attached hydrogen (secondary N) is 1. The number of fused-ring (bicyclic) bond motifs is 3. The monoisotopic (exact) mass is 338 g/mol. The molecule has 2 N–H and O–H groups in total. The number of H-pyrrole nitrogens is 1. The van der Waals surface area contributed by atoms with Gasteiger partial charge in [0.2, 0.25) is 0 Å². The highest BCUT2D eigenvalue weighted by Gasteiger charge is 2.62. The van der Waals surface area contributed by atoms with Crippen molar-refractivity contribution in [3.63, 3.8) is 0 Å². The van der Waals surface area contributed by atoms with Gasteiger partial charge in [0, 0.05) is 34.3 Å². The molecule has 4 rings (SSSR count). The van der Waals surface area contributed by atoms with E-state index in [-0.39, 0.29) is 23.6 Å². The van der Waals surface area contributed by atoms with Crippen LogP contribution in [0.3, 0.4) is 0 Å². The lowest BCUT2D eigenvalue weighted by Crippen LogP contribution is -2.12. The number of aliphatic carboxylic acids is 1. The lowest BCUT2D eigenvalue weighted by Gasteiger charge is -2.13. The standard InChI is InChI=1S/C15H12ClFN2O2S/c16-8-1-7(2-9(17)3-8)15-5-10(15)13-11(4-12(20)21)18-14(22)19(13)6-15/h1-3,10H,4-6H2,(H,18,22)(H,20,21)/t10?,15-/m1/s1. The summed E-state index contributed by atoms with van der Waals surface area (Å²) in [5.74, 6) is -1.07. The SMILES string of the molecule is O=C(O)Cc1[nH]c(=S)n2c1C1C[C@]1(c1cc(F)cc(Cl)c1)C2. The molecule has 1 aromatic heterocycles. The summed E-state index contributed by atoms with van der Waals surface area (Å²) < 4.78 is 16.1. The third-order valence-electron chi connectivity index (χ3n) is 4.71. The normalized spacial score (nSPS) is 24.9. The Morgan fingerprint density at radius 3 is 3.00 bits per heavy atom. The first-order valence-corrected chi connectivity index (χ1v) is 7.69. The lowest BCUT2D eigenvalue weighted by molar-refractivity contribution is -0.136. The fourth-order valence-corrected chi connectivity index (χ4v) is 4.25. The van der Waals surface area contributed by atoms with Gasteiger partial charge in [0.1, 0.15) is 5.82 Å². The minimum Gasteiger partial charge on any atom is -0.481 e. The first-order valence-electron chi connectivity index (χ1n) is 6.91. The molecule has 4 nitrogen and oxygen atoms in total. The maximum absolute atomic E-state index is 13.7. The van der Waals surface area contributed by atoms with Crippen LogP contribution >= 0.6 is 23.8 Å². The van der Waals surface area contributed by atoms with E-state index in [1.807, 2.05) is 4.57 Å². The molecule has 1 aromatic carbocycles. The zero-order chi connectivity index (χ0) is 15.6. The van der Waals surface area contributed by atoms with E-state index in [1.165, 1.54) is 12.1 Å². The number of nitrogens with zero attached hydrogens (tertiary/aromatic N) is 1. The first kappa shape index (κ1) is 14.0. The maximum Gasteiger partial charge on any atom is 0.309 e. The summed E-state index contributed by atoms with van der Waals surface area (Å²) in [6, 6.07) is 4.60. The molecule has 0 saturated heterocycles. The Morgan fingerprint density at radius 1 is 1.55 bits per heavy atom. The van der Waals surface area contributed by atoms with Crippen molar-refractivity contribution in [2.45, 2.75) is 30.7 Å². The van der Waals surface area contributed by atoms with Gasteiger partial charge in [0.05, 0.1) is 6.42 Å². The minimum absolute atomic E-state index is 0.0809. The van der Waals surface area contributed by atoms with Crippen LogP contribution < -0.4 is 0 Å². The molecule has 1 fully saturated rings. The molecule has 2 heterocycles. The Morgan fingerprint density at radius 2 is 2.32 bits per heavy atom. The third-order valence-corrected chi connectivity index (χ3v) is 5.25. The number of benzene rings is 1. The van der Waals surface area contributed by atoms with Crippen molar-refractivity contribution in [1.82, 2.24) is 9.55 Å². The predicted octanol–water partition coefficient (Wildman–Crippen LogP) is 3.40. The van der Waals surface area contributed by atoms with Gasteiger partial charge in [-0.15, -0.1) is 0 Å². The fraction of sp³-hybridized carbons (Fsp3) is 0.333. The van der Waals surface area contributed by atoms with Crippen LogP contribution in [-0.4, -0.2) is 20.6 Å². The number of halogens is 2. The molecule has 0 amide bonds. The molecular weight excluding hydrogens is 327 g/mol. The molecule has 22 heavy (non-hydrogen) atoms. The largest absolute Gasteiger partial charge is 0.481 e. The average Bonchev–Trinajstić information content (AvgIpc) is 2.91. The lowest BCUT2D eigenvalue weighted by atomic mass is 9.94. The Labute approximate surface area is 135 Å². The number of hydrogen-bond donors (Lipinski definition) is 2. The van der Waals surface area contributed by atoms with E-state index in [9.17, 15) is 9.18 Å². The molecule has 1 aliphatic carbocycles. The van der Waals surface area contributed by atoms with E-state index in [0.717, 1.165) is 17.7 Å². The second kappa shape index (κ2) is 4.43. The van der Waals surface area contributed by atoms with E-state index in [0.29, 0.717) is 22.0 Å². The molecule has 114 valence electrons. The van der Waals surface area contributed by atoms with E-state index >= 15 is 0 Å². The quantitative estimate of drug-likeness (QED) is 0.843. The summed E-state index contributed by atoms with van der Waals surface area (Å²) in [6.45, 7) is 0.641. The number of rotatable bonds is 3. The van der Waals surface area contributed by atoms with Crippen molar-refractivity contribution in [2.24, 2.45) is 0 Å². The van der Waals surface area contributed by atoms with Crippen molar-refractivity contribution in [3.8, 4) is 0 Å². The van der Waals surface area contributed by atoms with E-state index in [1.54, 1.807) is 6.07 Å². The van der Waals surface area contributed by atoms with Gasteiger partial charge in [-0.2, -0.15) is 0 Å². The number of carboxylic acid groups (broad SMARTS) is 1. The van der Waals surface area contributed by atoms with Gasteiger partial charge in [0.25, 0.3) is 0 Å². The van der Waals surface area contributed by atoms with Gasteiger partial charge in [-0.1, -0.05) is 11.6 Å². The highest BCUT2D eigenvalue weighted by molar-refractivity contribution is 7.71. The number of carbonyl (C=O) groups is 1. The third kappa shape index (κ3) is 1.87. The summed E-state index contributed by atoms with van der Waals surface area (Å²) in [7, 11) is 0. The number of imidazole rings is 1. The van der Waals surface area contributed by atoms with Crippen LogP contribution in [0.1, 0.15) is 29.3 Å². The molecule has 1 aliphatic heterocycles. The summed E-state index contributed by atoms with van der Waals surface area (Å²) in [5, 5.41) is 9.41. The molecule has 0 spiro atoms. The zero-order valence-electron chi connectivity index (χ0n) is 11.4. The van der Waals surface area contributed by atoms with Crippen molar-refractivity contribution < 1.29 is 14.3 Å². The smallest absolute Gasteiger partial charge is 0.309 e. The molecule has 0 bridgehead atoms. The van der Waals surface area contributed by atoms with Crippen LogP contribution in [0.5, 0.6) is 0 Å². The van der Waals surface area contributed by atoms with Gasteiger partial charge >= 0.3 is 5.97 Å². The number of aromatic nitrogens is 2. The number of aromatic amines is 1. The highest BCUT2D eigenvalue weighted by Crippen LogP contribution is 2.66. The van der Waals surface area contributed by atoms with Crippen LogP contribution in [0.25, 0.3) is 0 Å². The van der Waals surface area contributed by atoms with E-state index in [4.69, 9.17) is 28.9 Å². The fourth-order valence-electron chi connectivity index (χ4n) is 3.75. The highest BCUT2D eigenvalue weighted by atomic mass is 35.5. The van der Waals surface area contributed by atoms with Crippen LogP contribution in [0.4, 0.5) is 4.39 Å². The Bertz CT molecular complexity index is 855. The summed E-state index contributed by atoms with van der Waals surface area (Å²) in [5.41, 5.74) is 2.27. The molecular formula is C15H12ClFN2O2S. The second-order valence-electron chi connectivity index (χ2n) is 6.02. The zero-order valence-corrected chi connectivity index (χ0v) is 13.0. The van der Waals surface area contributed by atoms with E-state index < -0.39 is 5.97 Å². The van der Waals surface area contributed by atoms with Crippen molar-refractivity contribution >= 4 is 29.8 Å². The number of hydrogen-bond acceptors (Lipinski definition) is 2. The van der Waals surface area contributed by atoms with Gasteiger partial charge in [-0.3, -0.25) is 4.79 Å². The van der Waals surface area contributed by atoms with Crippen LogP contribution in [-0.2, 0) is 23.2 Å². The first-order chi connectivity index (χ1) is 10.4. The van der Waals surface area contributed by atoms with Crippen molar-refractivity contribution in [1.29, 1.82) is 0 Å². The van der Waals surface area contributed by atoms with Gasteiger partial charge in [0.15, 0.2) is 4.77 Å². The summed E-state index contributed by atoms with van der Waals surface area (Å²) in [6.07, 6.45) is 0.786. The van der Waals surface area contributed by atoms with Crippen molar-refractivity contribution in [2.75, 3.05) is 0 Å². The van der Waals surface area contributed by atoms with Crippen LogP contribution in [0.2, 0.25) is 5.02 Å². The Kier molecular flexibility index (Phi) is 2.81. The minimum atomic E-state index is -0.897. The molecule has 2 aromatic rings. The van der Waals surface area contributed by atoms with E-state index in [2.05, 4.69) is 4.98 Å². The molecule has 1 saturated carbocycles. The molecule has 2 atom stereocenters. The molecule has 7 heteroatoms. The summed E-state index contributed by atoms with van der Waals surface area (Å²) >= 11 is 11.3. The summed E-state index contributed by atoms with van der Waals surface area (Å²) in [4.78, 5) is 14.0. The van der Waals surface area contributed by atoms with Gasteiger partial charge < -0.3 is 14.7 Å². The van der Waals surface area contributed by atoms with Crippen molar-refractivity contribution in [3.05, 3.63) is 50.8 Å². The average molecular weight is 339 g/mol. The topological polar surface area (TPSA) is 58.0 Å². The van der Waals surface area contributed by atoms with Crippen LogP contribution in [0, 0.1) is 10.6 Å². The van der Waals surface area contributed by atoms with Gasteiger partial charge in [-0.25, -0.2) is 4.39 Å². The predicted molar refractivity (Wildman–Crippen MR) is 81.4 cm³/mol. The number of carboxylic acids is 1. The molecule has 0 radical (unpaired) electrons. The van der Waals surface area contributed by atoms with Crippen LogP contribution in [0.15, 0.2) is 18.2 Å². The Hall–Kier alpha value is -1.66. The molecule has 1 unspecified atom stereocenters. The van der Waals surface area contributed by atoms with Gasteiger partial charge in [-0.05, 0) is 42.4 Å². The maximum atomic E-state index is 13.7. The second-order valence-corrected chi connectivity index (χ2v) is 6.84. The molecule has 2 aliphatic rings. The Balaban J connectivity index is 1.78.